The fourth-order valence-corrected chi connectivity index (χ4v) is 2.86. The van der Waals surface area contributed by atoms with E-state index in [-0.39, 0.29) is 0 Å². The lowest BCUT2D eigenvalue weighted by Crippen LogP contribution is -2.33. The van der Waals surface area contributed by atoms with Gasteiger partial charge >= 0.3 is 0 Å². The van der Waals surface area contributed by atoms with Crippen LogP contribution in [-0.4, -0.2) is 18.8 Å². The summed E-state index contributed by atoms with van der Waals surface area (Å²) in [5, 5.41) is 0. The Labute approximate surface area is 84.1 Å². The molecule has 0 aromatic heterocycles. The fraction of sp³-hybridized carbons (Fsp3) is 0.455. The maximum Gasteiger partial charge on any atom is 0.0504 e. The maximum atomic E-state index is 2.37. The van der Waals surface area contributed by atoms with Crippen molar-refractivity contribution in [2.45, 2.75) is 24.8 Å². The summed E-state index contributed by atoms with van der Waals surface area (Å²) in [4.78, 5) is 3.80. The van der Waals surface area contributed by atoms with E-state index in [0.29, 0.717) is 6.04 Å². The Morgan fingerprint density at radius 3 is 3.00 bits per heavy atom. The van der Waals surface area contributed by atoms with Gasteiger partial charge in [0.25, 0.3) is 0 Å². The zero-order valence-electron chi connectivity index (χ0n) is 8.37. The third-order valence-corrected chi connectivity index (χ3v) is 3.92. The molecule has 0 spiro atoms. The normalized spacial score (nSPS) is 21.5. The van der Waals surface area contributed by atoms with E-state index in [2.05, 4.69) is 44.0 Å². The number of benzene rings is 1. The molecule has 0 fully saturated rings. The first-order chi connectivity index (χ1) is 6.18. The van der Waals surface area contributed by atoms with Crippen molar-refractivity contribution < 1.29 is 0 Å². The molecule has 0 saturated heterocycles. The molecule has 13 heavy (non-hydrogen) atoms. The van der Waals surface area contributed by atoms with Gasteiger partial charge in [0.1, 0.15) is 0 Å². The molecule has 0 aliphatic carbocycles. The van der Waals surface area contributed by atoms with Crippen LogP contribution in [0.25, 0.3) is 0 Å². The Hall–Kier alpha value is -0.630. The average molecular weight is 193 g/mol. The summed E-state index contributed by atoms with van der Waals surface area (Å²) < 4.78 is 0. The van der Waals surface area contributed by atoms with Crippen molar-refractivity contribution in [1.29, 1.82) is 0 Å². The van der Waals surface area contributed by atoms with Gasteiger partial charge in [-0.3, -0.25) is 0 Å². The summed E-state index contributed by atoms with van der Waals surface area (Å²) in [5.41, 5.74) is 2.74. The molecule has 1 atom stereocenters. The molecular weight excluding hydrogens is 178 g/mol. The molecule has 2 rings (SSSR count). The van der Waals surface area contributed by atoms with E-state index < -0.39 is 0 Å². The van der Waals surface area contributed by atoms with Crippen LogP contribution in [0.15, 0.2) is 23.1 Å². The van der Waals surface area contributed by atoms with E-state index in [1.54, 1.807) is 0 Å². The fourth-order valence-electron chi connectivity index (χ4n) is 1.59. The zero-order chi connectivity index (χ0) is 9.42. The standard InChI is InChI=1S/C11H15NS/c1-8-4-5-10-11(6-8)13-7-9(2)12(10)3/h4-6,9H,7H2,1-3H3. The highest BCUT2D eigenvalue weighted by Crippen LogP contribution is 2.36. The molecule has 0 bridgehead atoms. The lowest BCUT2D eigenvalue weighted by molar-refractivity contribution is 0.747. The third-order valence-electron chi connectivity index (χ3n) is 2.64. The molecule has 0 amide bonds. The SMILES string of the molecule is Cc1ccc2c(c1)SCC(C)N2C. The molecule has 0 N–H and O–H groups in total. The van der Waals surface area contributed by atoms with Crippen LogP contribution < -0.4 is 4.90 Å². The summed E-state index contributed by atoms with van der Waals surface area (Å²) in [6.45, 7) is 4.43. The molecule has 1 aromatic rings. The minimum atomic E-state index is 0.653. The summed E-state index contributed by atoms with van der Waals surface area (Å²) in [5.74, 6) is 1.20. The zero-order valence-corrected chi connectivity index (χ0v) is 9.19. The van der Waals surface area contributed by atoms with E-state index in [9.17, 15) is 0 Å². The van der Waals surface area contributed by atoms with Gasteiger partial charge in [-0.05, 0) is 31.5 Å². The van der Waals surface area contributed by atoms with Gasteiger partial charge in [-0.25, -0.2) is 0 Å². The van der Waals surface area contributed by atoms with Crippen LogP contribution in [0.4, 0.5) is 5.69 Å². The third kappa shape index (κ3) is 1.55. The molecule has 2 heteroatoms. The molecule has 70 valence electrons. The molecular formula is C11H15NS. The Kier molecular flexibility index (Phi) is 2.24. The van der Waals surface area contributed by atoms with Crippen LogP contribution in [0.3, 0.4) is 0 Å². The van der Waals surface area contributed by atoms with Crippen LogP contribution in [0.1, 0.15) is 12.5 Å². The Balaban J connectivity index is 2.44. The second-order valence-electron chi connectivity index (χ2n) is 3.74. The van der Waals surface area contributed by atoms with E-state index in [4.69, 9.17) is 0 Å². The minimum absolute atomic E-state index is 0.653. The smallest absolute Gasteiger partial charge is 0.0504 e. The molecule has 1 unspecified atom stereocenters. The Morgan fingerprint density at radius 2 is 2.23 bits per heavy atom. The van der Waals surface area contributed by atoms with Crippen molar-refractivity contribution in [1.82, 2.24) is 0 Å². The summed E-state index contributed by atoms with van der Waals surface area (Å²) in [6, 6.07) is 7.35. The van der Waals surface area contributed by atoms with Crippen LogP contribution in [0, 0.1) is 6.92 Å². The average Bonchev–Trinajstić information content (AvgIpc) is 2.12. The number of rotatable bonds is 0. The predicted octanol–water partition coefficient (Wildman–Crippen LogP) is 2.93. The lowest BCUT2D eigenvalue weighted by atomic mass is 10.2. The van der Waals surface area contributed by atoms with Gasteiger partial charge in [-0.2, -0.15) is 0 Å². The summed E-state index contributed by atoms with van der Waals surface area (Å²) in [7, 11) is 2.18. The topological polar surface area (TPSA) is 3.24 Å². The van der Waals surface area contributed by atoms with E-state index in [0.717, 1.165) is 0 Å². The quantitative estimate of drug-likeness (QED) is 0.623. The van der Waals surface area contributed by atoms with Crippen molar-refractivity contribution in [3.8, 4) is 0 Å². The van der Waals surface area contributed by atoms with Crippen LogP contribution in [0.2, 0.25) is 0 Å². The van der Waals surface area contributed by atoms with Crippen LogP contribution in [0.5, 0.6) is 0 Å². The van der Waals surface area contributed by atoms with Crippen LogP contribution >= 0.6 is 11.8 Å². The number of thioether (sulfide) groups is 1. The monoisotopic (exact) mass is 193 g/mol. The summed E-state index contributed by atoms with van der Waals surface area (Å²) in [6.07, 6.45) is 0. The van der Waals surface area contributed by atoms with Crippen LogP contribution in [-0.2, 0) is 0 Å². The highest BCUT2D eigenvalue weighted by atomic mass is 32.2. The lowest BCUT2D eigenvalue weighted by Gasteiger charge is -2.33. The number of hydrogen-bond donors (Lipinski definition) is 0. The van der Waals surface area contributed by atoms with Gasteiger partial charge in [0.2, 0.25) is 0 Å². The van der Waals surface area contributed by atoms with Gasteiger partial charge in [0.05, 0.1) is 5.69 Å². The van der Waals surface area contributed by atoms with Crippen molar-refractivity contribution in [2.24, 2.45) is 0 Å². The molecule has 1 aromatic carbocycles. The molecule has 1 heterocycles. The van der Waals surface area contributed by atoms with Crippen molar-refractivity contribution in [2.75, 3.05) is 17.7 Å². The minimum Gasteiger partial charge on any atom is -0.370 e. The molecule has 0 saturated carbocycles. The number of hydrogen-bond acceptors (Lipinski definition) is 2. The predicted molar refractivity (Wildman–Crippen MR) is 59.8 cm³/mol. The first kappa shape index (κ1) is 8.95. The van der Waals surface area contributed by atoms with Crippen molar-refractivity contribution in [3.05, 3.63) is 23.8 Å². The van der Waals surface area contributed by atoms with Gasteiger partial charge in [-0.15, -0.1) is 11.8 Å². The highest BCUT2D eigenvalue weighted by Gasteiger charge is 2.19. The van der Waals surface area contributed by atoms with E-state index >= 15 is 0 Å². The number of aryl methyl sites for hydroxylation is 1. The van der Waals surface area contributed by atoms with E-state index in [1.807, 2.05) is 11.8 Å². The highest BCUT2D eigenvalue weighted by molar-refractivity contribution is 7.99. The van der Waals surface area contributed by atoms with Gasteiger partial charge < -0.3 is 4.90 Å². The van der Waals surface area contributed by atoms with Gasteiger partial charge in [-0.1, -0.05) is 6.07 Å². The Bertz CT molecular complexity index is 322. The second-order valence-corrected chi connectivity index (χ2v) is 4.80. The molecule has 1 aliphatic heterocycles. The maximum absolute atomic E-state index is 2.37. The first-order valence-corrected chi connectivity index (χ1v) is 5.63. The number of nitrogens with zero attached hydrogens (tertiary/aromatic N) is 1. The molecule has 1 nitrogen and oxygen atoms in total. The van der Waals surface area contributed by atoms with Crippen molar-refractivity contribution >= 4 is 17.4 Å². The largest absolute Gasteiger partial charge is 0.370 e. The molecule has 0 radical (unpaired) electrons. The Morgan fingerprint density at radius 1 is 1.46 bits per heavy atom. The van der Waals surface area contributed by atoms with Gasteiger partial charge in [0.15, 0.2) is 0 Å². The first-order valence-electron chi connectivity index (χ1n) is 4.65. The van der Waals surface area contributed by atoms with Gasteiger partial charge in [0, 0.05) is 23.7 Å². The molecule has 1 aliphatic rings. The van der Waals surface area contributed by atoms with E-state index in [1.165, 1.54) is 21.9 Å². The van der Waals surface area contributed by atoms with Crippen molar-refractivity contribution in [3.63, 3.8) is 0 Å². The summed E-state index contributed by atoms with van der Waals surface area (Å²) >= 11 is 1.97. The second kappa shape index (κ2) is 3.26. The number of fused-ring (bicyclic) bond motifs is 1. The number of anilines is 1.